The molecule has 3 aromatic carbocycles. The number of ether oxygens (including phenoxy) is 1. The van der Waals surface area contributed by atoms with Crippen molar-refractivity contribution in [1.29, 1.82) is 0 Å². The average Bonchev–Trinajstić information content (AvgIpc) is 2.85. The molecule has 0 atom stereocenters. The Balaban J connectivity index is 1.47. The highest BCUT2D eigenvalue weighted by molar-refractivity contribution is 7.89. The van der Waals surface area contributed by atoms with Gasteiger partial charge in [-0.15, -0.1) is 0 Å². The number of benzene rings is 3. The van der Waals surface area contributed by atoms with E-state index < -0.39 is 10.0 Å². The van der Waals surface area contributed by atoms with E-state index in [9.17, 15) is 13.2 Å². The van der Waals surface area contributed by atoms with Gasteiger partial charge in [0, 0.05) is 24.6 Å². The Kier molecular flexibility index (Phi) is 6.58. The van der Waals surface area contributed by atoms with E-state index in [-0.39, 0.29) is 11.8 Å². The van der Waals surface area contributed by atoms with Crippen molar-refractivity contribution in [3.8, 4) is 16.9 Å². The average molecular weight is 451 g/mol. The molecule has 166 valence electrons. The number of nitrogens with zero attached hydrogens (tertiary/aromatic N) is 1. The molecule has 1 heterocycles. The molecule has 0 unspecified atom stereocenters. The maximum atomic E-state index is 13.4. The third-order valence-corrected chi connectivity index (χ3v) is 7.74. The fourth-order valence-corrected chi connectivity index (χ4v) is 5.71. The van der Waals surface area contributed by atoms with Crippen LogP contribution in [0.5, 0.6) is 5.75 Å². The number of piperidine rings is 1. The zero-order valence-corrected chi connectivity index (χ0v) is 18.7. The highest BCUT2D eigenvalue weighted by Gasteiger charge is 2.33. The number of para-hydroxylation sites is 2. The third-order valence-electron chi connectivity index (χ3n) is 5.78. The van der Waals surface area contributed by atoms with Gasteiger partial charge in [-0.05, 0) is 36.6 Å². The molecule has 0 radical (unpaired) electrons. The van der Waals surface area contributed by atoms with Crippen LogP contribution < -0.4 is 10.1 Å². The summed E-state index contributed by atoms with van der Waals surface area (Å²) in [5, 5.41) is 2.92. The van der Waals surface area contributed by atoms with Crippen molar-refractivity contribution in [1.82, 2.24) is 4.31 Å². The smallest absolute Gasteiger partial charge is 0.243 e. The number of hydrogen-bond donors (Lipinski definition) is 1. The first-order valence-corrected chi connectivity index (χ1v) is 12.0. The second kappa shape index (κ2) is 9.54. The van der Waals surface area contributed by atoms with Crippen LogP contribution in [-0.2, 0) is 14.8 Å². The second-order valence-corrected chi connectivity index (χ2v) is 9.64. The minimum absolute atomic E-state index is 0.115. The first-order chi connectivity index (χ1) is 15.5. The second-order valence-electron chi connectivity index (χ2n) is 7.73. The van der Waals surface area contributed by atoms with Gasteiger partial charge in [0.15, 0.2) is 0 Å². The predicted octanol–water partition coefficient (Wildman–Crippen LogP) is 4.40. The van der Waals surface area contributed by atoms with Gasteiger partial charge >= 0.3 is 0 Å². The first kappa shape index (κ1) is 22.0. The number of rotatable bonds is 6. The Morgan fingerprint density at radius 1 is 0.906 bits per heavy atom. The van der Waals surface area contributed by atoms with Crippen LogP contribution in [-0.4, -0.2) is 38.8 Å². The van der Waals surface area contributed by atoms with E-state index in [0.717, 1.165) is 5.56 Å². The molecule has 1 N–H and O–H groups in total. The van der Waals surface area contributed by atoms with Gasteiger partial charge in [0.25, 0.3) is 0 Å². The van der Waals surface area contributed by atoms with Gasteiger partial charge in [0.2, 0.25) is 15.9 Å². The summed E-state index contributed by atoms with van der Waals surface area (Å²) in [7, 11) is -2.12. The van der Waals surface area contributed by atoms with Gasteiger partial charge in [-0.1, -0.05) is 60.7 Å². The van der Waals surface area contributed by atoms with Crippen LogP contribution in [0.25, 0.3) is 11.1 Å². The lowest BCUT2D eigenvalue weighted by molar-refractivity contribution is -0.120. The minimum Gasteiger partial charge on any atom is -0.495 e. The molecule has 3 aromatic rings. The van der Waals surface area contributed by atoms with E-state index in [1.807, 2.05) is 54.6 Å². The van der Waals surface area contributed by atoms with Crippen LogP contribution in [0.3, 0.4) is 0 Å². The van der Waals surface area contributed by atoms with Crippen molar-refractivity contribution >= 4 is 21.6 Å². The van der Waals surface area contributed by atoms with Gasteiger partial charge in [-0.2, -0.15) is 4.31 Å². The molecule has 0 aromatic heterocycles. The lowest BCUT2D eigenvalue weighted by Crippen LogP contribution is -2.41. The molecule has 7 heteroatoms. The number of nitrogens with one attached hydrogen (secondary N) is 1. The number of carbonyl (C=O) groups is 1. The molecule has 0 saturated carbocycles. The van der Waals surface area contributed by atoms with Crippen molar-refractivity contribution in [2.24, 2.45) is 5.92 Å². The fourth-order valence-electron chi connectivity index (χ4n) is 4.03. The number of anilines is 1. The van der Waals surface area contributed by atoms with Crippen molar-refractivity contribution in [2.45, 2.75) is 17.7 Å². The van der Waals surface area contributed by atoms with Gasteiger partial charge in [0.05, 0.1) is 17.7 Å². The number of amides is 1. The Labute approximate surface area is 188 Å². The monoisotopic (exact) mass is 450 g/mol. The normalized spacial score (nSPS) is 15.3. The van der Waals surface area contributed by atoms with Gasteiger partial charge in [-0.3, -0.25) is 4.79 Å². The van der Waals surface area contributed by atoms with Crippen LogP contribution >= 0.6 is 0 Å². The number of sulfonamides is 1. The van der Waals surface area contributed by atoms with E-state index in [4.69, 9.17) is 4.74 Å². The standard InChI is InChI=1S/C25H26N2O4S/c1-31-23-13-7-6-12-22(23)26-25(28)20-15-17-27(18-16-20)32(29,30)24-14-8-5-11-21(24)19-9-3-2-4-10-19/h2-14,20H,15-18H2,1H3,(H,26,28). The summed E-state index contributed by atoms with van der Waals surface area (Å²) in [6.45, 7) is 0.602. The maximum absolute atomic E-state index is 13.4. The molecular weight excluding hydrogens is 424 g/mol. The molecule has 0 bridgehead atoms. The highest BCUT2D eigenvalue weighted by Crippen LogP contribution is 2.32. The van der Waals surface area contributed by atoms with Crippen molar-refractivity contribution in [2.75, 3.05) is 25.5 Å². The van der Waals surface area contributed by atoms with Crippen molar-refractivity contribution < 1.29 is 17.9 Å². The van der Waals surface area contributed by atoms with Crippen LogP contribution in [0.2, 0.25) is 0 Å². The molecule has 1 amide bonds. The zero-order chi connectivity index (χ0) is 22.6. The minimum atomic E-state index is -3.68. The fraction of sp³-hybridized carbons (Fsp3) is 0.240. The quantitative estimate of drug-likeness (QED) is 0.604. The zero-order valence-electron chi connectivity index (χ0n) is 17.9. The van der Waals surface area contributed by atoms with E-state index in [1.165, 1.54) is 4.31 Å². The Morgan fingerprint density at radius 2 is 1.53 bits per heavy atom. The van der Waals surface area contributed by atoms with Crippen LogP contribution in [0.4, 0.5) is 5.69 Å². The van der Waals surface area contributed by atoms with Crippen molar-refractivity contribution in [3.63, 3.8) is 0 Å². The topological polar surface area (TPSA) is 75.7 Å². The van der Waals surface area contributed by atoms with Crippen molar-refractivity contribution in [3.05, 3.63) is 78.9 Å². The molecule has 32 heavy (non-hydrogen) atoms. The number of hydrogen-bond acceptors (Lipinski definition) is 4. The Hall–Kier alpha value is -3.16. The molecule has 1 aliphatic rings. The summed E-state index contributed by atoms with van der Waals surface area (Å²) in [4.78, 5) is 13.1. The summed E-state index contributed by atoms with van der Waals surface area (Å²) in [5.74, 6) is 0.227. The molecular formula is C25H26N2O4S. The van der Waals surface area contributed by atoms with E-state index >= 15 is 0 Å². The molecule has 0 aliphatic carbocycles. The largest absolute Gasteiger partial charge is 0.495 e. The number of carbonyl (C=O) groups excluding carboxylic acids is 1. The summed E-state index contributed by atoms with van der Waals surface area (Å²) in [5.41, 5.74) is 2.16. The van der Waals surface area contributed by atoms with Gasteiger partial charge in [-0.25, -0.2) is 8.42 Å². The molecule has 4 rings (SSSR count). The third kappa shape index (κ3) is 4.54. The summed E-state index contributed by atoms with van der Waals surface area (Å²) >= 11 is 0. The lowest BCUT2D eigenvalue weighted by Gasteiger charge is -2.31. The van der Waals surface area contributed by atoms with Crippen LogP contribution in [0, 0.1) is 5.92 Å². The lowest BCUT2D eigenvalue weighted by atomic mass is 9.97. The van der Waals surface area contributed by atoms with Gasteiger partial charge in [0.1, 0.15) is 5.75 Å². The van der Waals surface area contributed by atoms with E-state index in [1.54, 1.807) is 31.4 Å². The SMILES string of the molecule is COc1ccccc1NC(=O)C1CCN(S(=O)(=O)c2ccccc2-c2ccccc2)CC1. The molecule has 0 spiro atoms. The van der Waals surface area contributed by atoms with Gasteiger partial charge < -0.3 is 10.1 Å². The first-order valence-electron chi connectivity index (χ1n) is 10.6. The molecule has 6 nitrogen and oxygen atoms in total. The summed E-state index contributed by atoms with van der Waals surface area (Å²) in [6.07, 6.45) is 0.932. The number of methoxy groups -OCH3 is 1. The van der Waals surface area contributed by atoms with Crippen LogP contribution in [0.1, 0.15) is 12.8 Å². The van der Waals surface area contributed by atoms with E-state index in [2.05, 4.69) is 5.32 Å². The maximum Gasteiger partial charge on any atom is 0.243 e. The predicted molar refractivity (Wildman–Crippen MR) is 125 cm³/mol. The summed E-state index contributed by atoms with van der Waals surface area (Å²) < 4.78 is 33.7. The molecule has 1 fully saturated rings. The Bertz CT molecular complexity index is 1190. The molecule has 1 aliphatic heterocycles. The Morgan fingerprint density at radius 3 is 2.25 bits per heavy atom. The summed E-state index contributed by atoms with van der Waals surface area (Å²) in [6, 6.07) is 23.8. The van der Waals surface area contributed by atoms with E-state index in [0.29, 0.717) is 47.8 Å². The van der Waals surface area contributed by atoms with Crippen LogP contribution in [0.15, 0.2) is 83.8 Å². The molecule has 1 saturated heterocycles. The highest BCUT2D eigenvalue weighted by atomic mass is 32.2.